The van der Waals surface area contributed by atoms with E-state index in [0.29, 0.717) is 27.9 Å². The maximum atomic E-state index is 12.3. The minimum atomic E-state index is -0.618. The zero-order valence-corrected chi connectivity index (χ0v) is 17.0. The van der Waals surface area contributed by atoms with Crippen LogP contribution in [0.4, 0.5) is 5.69 Å². The maximum absolute atomic E-state index is 12.3. The van der Waals surface area contributed by atoms with Crippen LogP contribution in [0.25, 0.3) is 17.1 Å². The van der Waals surface area contributed by atoms with Gasteiger partial charge in [0.05, 0.1) is 16.2 Å². The van der Waals surface area contributed by atoms with Gasteiger partial charge in [-0.3, -0.25) is 14.9 Å². The number of furan rings is 1. The molecular formula is C19H14ClN7O4. The van der Waals surface area contributed by atoms with E-state index in [1.54, 1.807) is 12.1 Å². The molecule has 1 amide bonds. The number of aromatic nitrogens is 4. The lowest BCUT2D eigenvalue weighted by atomic mass is 10.1. The van der Waals surface area contributed by atoms with Gasteiger partial charge in [-0.2, -0.15) is 10.1 Å². The molecule has 0 unspecified atom stereocenters. The largest absolute Gasteiger partial charge is 0.455 e. The number of fused-ring (bicyclic) bond motifs is 1. The molecular weight excluding hydrogens is 426 g/mol. The highest BCUT2D eigenvalue weighted by Gasteiger charge is 2.16. The maximum Gasteiger partial charge on any atom is 0.311 e. The van der Waals surface area contributed by atoms with E-state index in [4.69, 9.17) is 16.0 Å². The molecule has 156 valence electrons. The Morgan fingerprint density at radius 3 is 2.84 bits per heavy atom. The minimum absolute atomic E-state index is 0.0816. The molecule has 0 saturated carbocycles. The van der Waals surface area contributed by atoms with Gasteiger partial charge in [0.2, 0.25) is 5.82 Å². The number of nitrogens with one attached hydrogen (secondary N) is 1. The smallest absolute Gasteiger partial charge is 0.311 e. The molecule has 0 saturated heterocycles. The lowest BCUT2D eigenvalue weighted by Crippen LogP contribution is -2.19. The third kappa shape index (κ3) is 4.12. The van der Waals surface area contributed by atoms with E-state index in [1.165, 1.54) is 28.9 Å². The van der Waals surface area contributed by atoms with Gasteiger partial charge in [0.15, 0.2) is 0 Å². The summed E-state index contributed by atoms with van der Waals surface area (Å²) in [7, 11) is 0. The number of rotatable bonds is 5. The van der Waals surface area contributed by atoms with Gasteiger partial charge >= 0.3 is 5.91 Å². The third-order valence-corrected chi connectivity index (χ3v) is 4.56. The lowest BCUT2D eigenvalue weighted by molar-refractivity contribution is -0.384. The molecule has 1 aromatic carbocycles. The Morgan fingerprint density at radius 1 is 1.26 bits per heavy atom. The summed E-state index contributed by atoms with van der Waals surface area (Å²) < 4.78 is 7.06. The van der Waals surface area contributed by atoms with E-state index in [2.05, 4.69) is 25.6 Å². The highest BCUT2D eigenvalue weighted by Crippen LogP contribution is 2.32. The van der Waals surface area contributed by atoms with Crippen molar-refractivity contribution in [3.8, 4) is 11.3 Å². The molecule has 0 bridgehead atoms. The van der Waals surface area contributed by atoms with Crippen molar-refractivity contribution in [1.82, 2.24) is 25.0 Å². The fourth-order valence-electron chi connectivity index (χ4n) is 2.85. The van der Waals surface area contributed by atoms with Crippen LogP contribution in [0.5, 0.6) is 0 Å². The Balaban J connectivity index is 1.49. The van der Waals surface area contributed by atoms with E-state index in [-0.39, 0.29) is 11.5 Å². The van der Waals surface area contributed by atoms with Gasteiger partial charge in [0.1, 0.15) is 11.5 Å². The van der Waals surface area contributed by atoms with Gasteiger partial charge in [-0.1, -0.05) is 11.6 Å². The van der Waals surface area contributed by atoms with E-state index < -0.39 is 10.8 Å². The number of non-ortho nitro benzene ring substituents is 1. The number of benzene rings is 1. The first-order valence-electron chi connectivity index (χ1n) is 8.90. The normalized spacial score (nSPS) is 11.3. The van der Waals surface area contributed by atoms with Crippen LogP contribution in [0.3, 0.4) is 0 Å². The first-order chi connectivity index (χ1) is 14.8. The number of nitro benzene ring substituents is 1. The fraction of sp³-hybridized carbons (Fsp3) is 0.105. The molecule has 12 heteroatoms. The number of halogens is 1. The molecule has 11 nitrogen and oxygen atoms in total. The zero-order chi connectivity index (χ0) is 22.1. The molecule has 0 aliphatic rings. The second-order valence-corrected chi connectivity index (χ2v) is 6.92. The molecule has 0 fully saturated rings. The standard InChI is InChI=1S/C19H14ClN7O4/c1-10-7-11(2)26-19(22-10)23-17(25-26)18(28)24-21-9-13-4-6-16(31-13)14-8-12(27(29)30)3-5-15(14)20/h3-9H,1-2H3,(H,24,28)/b21-9-. The number of nitrogens with zero attached hydrogens (tertiary/aromatic N) is 6. The van der Waals surface area contributed by atoms with Crippen molar-refractivity contribution in [2.75, 3.05) is 0 Å². The van der Waals surface area contributed by atoms with Crippen LogP contribution in [0, 0.1) is 24.0 Å². The van der Waals surface area contributed by atoms with Crippen LogP contribution in [0.2, 0.25) is 5.02 Å². The highest BCUT2D eigenvalue weighted by atomic mass is 35.5. The summed E-state index contributed by atoms with van der Waals surface area (Å²) >= 11 is 6.12. The Labute approximate surface area is 179 Å². The van der Waals surface area contributed by atoms with Crippen molar-refractivity contribution in [2.24, 2.45) is 5.10 Å². The molecule has 0 aliphatic carbocycles. The molecule has 4 rings (SSSR count). The van der Waals surface area contributed by atoms with Gasteiger partial charge in [-0.15, -0.1) is 5.10 Å². The predicted octanol–water partition coefficient (Wildman–Crippen LogP) is 3.33. The average Bonchev–Trinajstić information content (AvgIpc) is 3.35. The fourth-order valence-corrected chi connectivity index (χ4v) is 3.06. The summed E-state index contributed by atoms with van der Waals surface area (Å²) in [6, 6.07) is 9.04. The minimum Gasteiger partial charge on any atom is -0.455 e. The number of carbonyl (C=O) groups excluding carboxylic acids is 1. The number of hydrogen-bond donors (Lipinski definition) is 1. The van der Waals surface area contributed by atoms with Gasteiger partial charge in [-0.05, 0) is 38.1 Å². The van der Waals surface area contributed by atoms with Crippen molar-refractivity contribution in [3.05, 3.63) is 74.5 Å². The second-order valence-electron chi connectivity index (χ2n) is 6.51. The van der Waals surface area contributed by atoms with Crippen LogP contribution in [0.1, 0.15) is 27.8 Å². The number of aryl methyl sites for hydroxylation is 2. The Hall–Kier alpha value is -4.12. The van der Waals surface area contributed by atoms with Crippen molar-refractivity contribution in [3.63, 3.8) is 0 Å². The van der Waals surface area contributed by atoms with E-state index in [9.17, 15) is 14.9 Å². The third-order valence-electron chi connectivity index (χ3n) is 4.23. The molecule has 0 aliphatic heterocycles. The molecule has 0 radical (unpaired) electrons. The summed E-state index contributed by atoms with van der Waals surface area (Å²) in [4.78, 5) is 31.0. The van der Waals surface area contributed by atoms with E-state index in [1.807, 2.05) is 19.9 Å². The van der Waals surface area contributed by atoms with E-state index in [0.717, 1.165) is 11.4 Å². The molecule has 1 N–H and O–H groups in total. The van der Waals surface area contributed by atoms with Crippen LogP contribution < -0.4 is 5.43 Å². The van der Waals surface area contributed by atoms with Crippen molar-refractivity contribution < 1.29 is 14.1 Å². The average molecular weight is 440 g/mol. The van der Waals surface area contributed by atoms with Crippen molar-refractivity contribution >= 4 is 35.2 Å². The topological polar surface area (TPSA) is 141 Å². The molecule has 31 heavy (non-hydrogen) atoms. The lowest BCUT2D eigenvalue weighted by Gasteiger charge is -2.00. The zero-order valence-electron chi connectivity index (χ0n) is 16.2. The molecule has 0 spiro atoms. The quantitative estimate of drug-likeness (QED) is 0.285. The Morgan fingerprint density at radius 2 is 2.06 bits per heavy atom. The van der Waals surface area contributed by atoms with E-state index >= 15 is 0 Å². The molecule has 4 aromatic rings. The van der Waals surface area contributed by atoms with Crippen LogP contribution >= 0.6 is 11.6 Å². The van der Waals surface area contributed by atoms with Crippen molar-refractivity contribution in [1.29, 1.82) is 0 Å². The number of nitro groups is 1. The Kier molecular flexibility index (Phi) is 5.17. The summed E-state index contributed by atoms with van der Waals surface area (Å²) in [6.07, 6.45) is 1.27. The molecule has 0 atom stereocenters. The monoisotopic (exact) mass is 439 g/mol. The Bertz CT molecular complexity index is 1360. The van der Waals surface area contributed by atoms with Crippen LogP contribution in [-0.4, -0.2) is 36.6 Å². The summed E-state index contributed by atoms with van der Waals surface area (Å²) in [6.45, 7) is 3.66. The van der Waals surface area contributed by atoms with Crippen molar-refractivity contribution in [2.45, 2.75) is 13.8 Å². The first kappa shape index (κ1) is 20.2. The van der Waals surface area contributed by atoms with Gasteiger partial charge in [0, 0.05) is 29.1 Å². The summed E-state index contributed by atoms with van der Waals surface area (Å²) in [5.74, 6) is 0.236. The first-order valence-corrected chi connectivity index (χ1v) is 9.28. The van der Waals surface area contributed by atoms with Gasteiger partial charge in [0.25, 0.3) is 11.5 Å². The SMILES string of the molecule is Cc1cc(C)n2nc(C(=O)N/N=C\c3ccc(-c4cc([N+](=O)[O-])ccc4Cl)o3)nc2n1. The van der Waals surface area contributed by atoms with Crippen LogP contribution in [0.15, 0.2) is 45.9 Å². The predicted molar refractivity (Wildman–Crippen MR) is 111 cm³/mol. The summed E-state index contributed by atoms with van der Waals surface area (Å²) in [5.41, 5.74) is 4.13. The van der Waals surface area contributed by atoms with Crippen LogP contribution in [-0.2, 0) is 0 Å². The molecule has 3 heterocycles. The highest BCUT2D eigenvalue weighted by molar-refractivity contribution is 6.33. The number of amides is 1. The number of hydrogen-bond acceptors (Lipinski definition) is 8. The summed E-state index contributed by atoms with van der Waals surface area (Å²) in [5, 5.41) is 19.2. The second kappa shape index (κ2) is 7.95. The number of hydrazone groups is 1. The number of carbonyl (C=O) groups is 1. The molecule has 3 aromatic heterocycles. The van der Waals surface area contributed by atoms with Gasteiger partial charge in [-0.25, -0.2) is 14.9 Å². The van der Waals surface area contributed by atoms with Gasteiger partial charge < -0.3 is 4.42 Å².